The minimum Gasteiger partial charge on any atom is -0.393 e. The van der Waals surface area contributed by atoms with Crippen molar-refractivity contribution in [2.75, 3.05) is 13.1 Å². The fourth-order valence-electron chi connectivity index (χ4n) is 3.71. The van der Waals surface area contributed by atoms with E-state index in [1.165, 1.54) is 32.4 Å². The minimum absolute atomic E-state index is 0.0469. The third kappa shape index (κ3) is 3.23. The Morgan fingerprint density at radius 2 is 1.71 bits per heavy atom. The molecule has 2 aliphatic rings. The van der Waals surface area contributed by atoms with Crippen molar-refractivity contribution < 1.29 is 5.11 Å². The van der Waals surface area contributed by atoms with E-state index in [9.17, 15) is 5.11 Å². The Labute approximate surface area is 106 Å². The number of rotatable bonds is 2. The van der Waals surface area contributed by atoms with Crippen LogP contribution in [0.25, 0.3) is 0 Å². The second kappa shape index (κ2) is 5.71. The molecule has 1 heterocycles. The van der Waals surface area contributed by atoms with Gasteiger partial charge in [-0.3, -0.25) is 4.90 Å². The molecule has 0 radical (unpaired) electrons. The summed E-state index contributed by atoms with van der Waals surface area (Å²) in [6.45, 7) is 9.57. The number of likely N-dealkylation sites (tertiary alicyclic amines) is 1. The Bertz CT molecular complexity index is 233. The quantitative estimate of drug-likeness (QED) is 0.801. The number of aliphatic hydroxyl groups excluding tert-OH is 1. The summed E-state index contributed by atoms with van der Waals surface area (Å²) in [6, 6.07) is 0.645. The lowest BCUT2D eigenvalue weighted by Crippen LogP contribution is -2.50. The first-order valence-electron chi connectivity index (χ1n) is 7.50. The van der Waals surface area contributed by atoms with Crippen LogP contribution in [0, 0.1) is 17.8 Å². The van der Waals surface area contributed by atoms with Crippen LogP contribution in [0.2, 0.25) is 0 Å². The van der Waals surface area contributed by atoms with Gasteiger partial charge in [-0.25, -0.2) is 0 Å². The van der Waals surface area contributed by atoms with Gasteiger partial charge < -0.3 is 5.11 Å². The van der Waals surface area contributed by atoms with Gasteiger partial charge in [-0.2, -0.15) is 0 Å². The summed E-state index contributed by atoms with van der Waals surface area (Å²) in [6.07, 6.45) is 5.89. The maximum atomic E-state index is 9.94. The second-order valence-electron chi connectivity index (χ2n) is 6.66. The zero-order valence-corrected chi connectivity index (χ0v) is 11.7. The third-order valence-electron chi connectivity index (χ3n) is 4.98. The van der Waals surface area contributed by atoms with Gasteiger partial charge in [0.2, 0.25) is 0 Å². The molecule has 2 heteroatoms. The van der Waals surface area contributed by atoms with Crippen LogP contribution < -0.4 is 0 Å². The van der Waals surface area contributed by atoms with Crippen LogP contribution in [0.5, 0.6) is 0 Å². The Hall–Kier alpha value is -0.0800. The monoisotopic (exact) mass is 239 g/mol. The molecule has 0 spiro atoms. The average Bonchev–Trinajstić information content (AvgIpc) is 2.29. The highest BCUT2D eigenvalue weighted by molar-refractivity contribution is 4.89. The van der Waals surface area contributed by atoms with E-state index in [1.54, 1.807) is 0 Å². The number of aliphatic hydroxyl groups is 1. The van der Waals surface area contributed by atoms with Crippen molar-refractivity contribution in [3.05, 3.63) is 0 Å². The van der Waals surface area contributed by atoms with E-state index in [2.05, 4.69) is 25.7 Å². The number of nitrogens with zero attached hydrogens (tertiary/aromatic N) is 1. The van der Waals surface area contributed by atoms with E-state index in [0.717, 1.165) is 30.6 Å². The lowest BCUT2D eigenvalue weighted by atomic mass is 9.75. The summed E-state index contributed by atoms with van der Waals surface area (Å²) in [5.41, 5.74) is 0. The van der Waals surface area contributed by atoms with Crippen LogP contribution in [0.15, 0.2) is 0 Å². The Balaban J connectivity index is 1.99. The smallest absolute Gasteiger partial charge is 0.0555 e. The van der Waals surface area contributed by atoms with E-state index in [0.29, 0.717) is 6.04 Å². The first-order valence-corrected chi connectivity index (χ1v) is 7.50. The fourth-order valence-corrected chi connectivity index (χ4v) is 3.71. The third-order valence-corrected chi connectivity index (χ3v) is 4.98. The normalized spacial score (nSPS) is 37.6. The molecule has 1 aliphatic heterocycles. The molecular weight excluding hydrogens is 210 g/mol. The van der Waals surface area contributed by atoms with Gasteiger partial charge in [0.1, 0.15) is 0 Å². The fraction of sp³-hybridized carbons (Fsp3) is 1.00. The van der Waals surface area contributed by atoms with Gasteiger partial charge in [-0.1, -0.05) is 20.8 Å². The molecule has 3 atom stereocenters. The molecular formula is C15H29NO. The average molecular weight is 239 g/mol. The number of piperidine rings is 1. The largest absolute Gasteiger partial charge is 0.393 e. The van der Waals surface area contributed by atoms with E-state index in [1.807, 2.05) is 0 Å². The number of hydrogen-bond acceptors (Lipinski definition) is 2. The minimum atomic E-state index is -0.0469. The maximum absolute atomic E-state index is 9.94. The van der Waals surface area contributed by atoms with Crippen LogP contribution in [-0.4, -0.2) is 35.2 Å². The summed E-state index contributed by atoms with van der Waals surface area (Å²) >= 11 is 0. The van der Waals surface area contributed by atoms with Gasteiger partial charge in [0, 0.05) is 6.04 Å². The van der Waals surface area contributed by atoms with Gasteiger partial charge in [-0.15, -0.1) is 0 Å². The van der Waals surface area contributed by atoms with Crippen molar-refractivity contribution in [1.82, 2.24) is 4.90 Å². The van der Waals surface area contributed by atoms with Gasteiger partial charge in [0.15, 0.2) is 0 Å². The van der Waals surface area contributed by atoms with Crippen molar-refractivity contribution in [2.24, 2.45) is 17.8 Å². The van der Waals surface area contributed by atoms with Crippen molar-refractivity contribution >= 4 is 0 Å². The maximum Gasteiger partial charge on any atom is 0.0555 e. The zero-order chi connectivity index (χ0) is 12.4. The molecule has 0 amide bonds. The molecule has 2 fully saturated rings. The summed E-state index contributed by atoms with van der Waals surface area (Å²) in [5, 5.41) is 9.94. The molecule has 1 saturated heterocycles. The van der Waals surface area contributed by atoms with E-state index in [4.69, 9.17) is 0 Å². The van der Waals surface area contributed by atoms with Gasteiger partial charge in [0.25, 0.3) is 0 Å². The van der Waals surface area contributed by atoms with Crippen LogP contribution in [-0.2, 0) is 0 Å². The molecule has 100 valence electrons. The predicted molar refractivity (Wildman–Crippen MR) is 71.9 cm³/mol. The first-order chi connectivity index (χ1) is 8.08. The molecule has 1 N–H and O–H groups in total. The van der Waals surface area contributed by atoms with Crippen LogP contribution >= 0.6 is 0 Å². The van der Waals surface area contributed by atoms with Crippen molar-refractivity contribution in [1.29, 1.82) is 0 Å². The number of hydrogen-bond donors (Lipinski definition) is 1. The summed E-state index contributed by atoms with van der Waals surface area (Å²) < 4.78 is 0. The highest BCUT2D eigenvalue weighted by Crippen LogP contribution is 2.35. The van der Waals surface area contributed by atoms with Crippen molar-refractivity contribution in [3.63, 3.8) is 0 Å². The highest BCUT2D eigenvalue weighted by Gasteiger charge is 2.36. The molecule has 1 aliphatic carbocycles. The van der Waals surface area contributed by atoms with Crippen LogP contribution in [0.4, 0.5) is 0 Å². The van der Waals surface area contributed by atoms with Gasteiger partial charge >= 0.3 is 0 Å². The molecule has 17 heavy (non-hydrogen) atoms. The summed E-state index contributed by atoms with van der Waals surface area (Å²) in [4.78, 5) is 2.67. The molecule has 2 nitrogen and oxygen atoms in total. The van der Waals surface area contributed by atoms with Gasteiger partial charge in [0.05, 0.1) is 6.10 Å². The zero-order valence-electron chi connectivity index (χ0n) is 11.7. The molecule has 3 unspecified atom stereocenters. The van der Waals surface area contributed by atoms with Crippen molar-refractivity contribution in [3.8, 4) is 0 Å². The second-order valence-corrected chi connectivity index (χ2v) is 6.66. The first kappa shape index (κ1) is 13.4. The summed E-state index contributed by atoms with van der Waals surface area (Å²) in [7, 11) is 0. The summed E-state index contributed by atoms with van der Waals surface area (Å²) in [5.74, 6) is 2.45. The van der Waals surface area contributed by atoms with E-state index in [-0.39, 0.29) is 6.10 Å². The van der Waals surface area contributed by atoms with Crippen LogP contribution in [0.3, 0.4) is 0 Å². The molecule has 0 aromatic carbocycles. The predicted octanol–water partition coefficient (Wildman–Crippen LogP) is 2.90. The SMILES string of the molecule is CC1CCN(C2CC(O)CCC2C(C)C)CC1. The molecule has 0 bridgehead atoms. The standard InChI is InChI=1S/C15H29NO/c1-11(2)14-5-4-13(17)10-15(14)16-8-6-12(3)7-9-16/h11-15,17H,4-10H2,1-3H3. The Kier molecular flexibility index (Phi) is 4.48. The molecule has 0 aromatic heterocycles. The van der Waals surface area contributed by atoms with Gasteiger partial charge in [-0.05, 0) is 62.9 Å². The van der Waals surface area contributed by atoms with Crippen LogP contribution in [0.1, 0.15) is 52.9 Å². The molecule has 1 saturated carbocycles. The lowest BCUT2D eigenvalue weighted by Gasteiger charge is -2.45. The highest BCUT2D eigenvalue weighted by atomic mass is 16.3. The topological polar surface area (TPSA) is 23.5 Å². The van der Waals surface area contributed by atoms with Crippen molar-refractivity contribution in [2.45, 2.75) is 65.0 Å². The van der Waals surface area contributed by atoms with E-state index < -0.39 is 0 Å². The lowest BCUT2D eigenvalue weighted by molar-refractivity contribution is -0.000945. The molecule has 0 aromatic rings. The molecule has 2 rings (SSSR count). The Morgan fingerprint density at radius 3 is 2.29 bits per heavy atom. The van der Waals surface area contributed by atoms with E-state index >= 15 is 0 Å². The Morgan fingerprint density at radius 1 is 1.06 bits per heavy atom.